The first kappa shape index (κ1) is 9.89. The number of methoxy groups -OCH3 is 1. The normalized spacial score (nSPS) is 28.8. The molecular weight excluding hydrogens is 172 g/mol. The van der Waals surface area contributed by atoms with Crippen molar-refractivity contribution in [3.63, 3.8) is 0 Å². The van der Waals surface area contributed by atoms with E-state index in [0.29, 0.717) is 6.42 Å². The predicted octanol–water partition coefficient (Wildman–Crippen LogP) is 0.344. The van der Waals surface area contributed by atoms with Crippen LogP contribution in [0.3, 0.4) is 0 Å². The summed E-state index contributed by atoms with van der Waals surface area (Å²) in [6.45, 7) is 1.72. The Balaban J connectivity index is 2.78. The van der Waals surface area contributed by atoms with Crippen LogP contribution >= 0.6 is 0 Å². The van der Waals surface area contributed by atoms with Gasteiger partial charge in [0.15, 0.2) is 5.78 Å². The van der Waals surface area contributed by atoms with Crippen LogP contribution < -0.4 is 0 Å². The number of rotatable bonds is 1. The lowest BCUT2D eigenvalue weighted by Crippen LogP contribution is -2.37. The molecule has 0 unspecified atom stereocenters. The van der Waals surface area contributed by atoms with Gasteiger partial charge in [-0.1, -0.05) is 6.92 Å². The van der Waals surface area contributed by atoms with Crippen LogP contribution in [0.1, 0.15) is 19.8 Å². The molecular formula is C9H12O4. The molecule has 0 aromatic heterocycles. The molecule has 0 heterocycles. The van der Waals surface area contributed by atoms with Crippen LogP contribution in [-0.2, 0) is 19.1 Å². The van der Waals surface area contributed by atoms with Crippen molar-refractivity contribution in [2.45, 2.75) is 19.8 Å². The minimum absolute atomic E-state index is 0.0855. The Morgan fingerprint density at radius 2 is 2.08 bits per heavy atom. The average Bonchev–Trinajstić information content (AvgIpc) is 2.02. The van der Waals surface area contributed by atoms with Crippen molar-refractivity contribution >= 4 is 17.5 Å². The maximum Gasteiger partial charge on any atom is 0.316 e. The van der Waals surface area contributed by atoms with Crippen LogP contribution in [0.4, 0.5) is 0 Å². The fourth-order valence-corrected chi connectivity index (χ4v) is 1.66. The molecule has 0 bridgehead atoms. The first-order valence-electron chi connectivity index (χ1n) is 4.18. The van der Waals surface area contributed by atoms with Gasteiger partial charge in [-0.3, -0.25) is 14.4 Å². The number of esters is 1. The Kier molecular flexibility index (Phi) is 2.80. The summed E-state index contributed by atoms with van der Waals surface area (Å²) in [6, 6.07) is 0. The fraction of sp³-hybridized carbons (Fsp3) is 0.667. The molecule has 0 aliphatic heterocycles. The number of carbonyl (C=O) groups is 3. The van der Waals surface area contributed by atoms with Crippen molar-refractivity contribution < 1.29 is 19.1 Å². The maximum atomic E-state index is 11.3. The van der Waals surface area contributed by atoms with Gasteiger partial charge in [0, 0.05) is 6.42 Å². The summed E-state index contributed by atoms with van der Waals surface area (Å²) in [4.78, 5) is 33.4. The van der Waals surface area contributed by atoms with Crippen LogP contribution in [0.5, 0.6) is 0 Å². The second-order valence-corrected chi connectivity index (χ2v) is 3.36. The summed E-state index contributed by atoms with van der Waals surface area (Å²) < 4.78 is 4.49. The Hall–Kier alpha value is -1.19. The van der Waals surface area contributed by atoms with E-state index in [9.17, 15) is 14.4 Å². The number of hydrogen-bond donors (Lipinski definition) is 0. The third-order valence-corrected chi connectivity index (χ3v) is 2.29. The molecule has 0 spiro atoms. The Morgan fingerprint density at radius 1 is 1.46 bits per heavy atom. The van der Waals surface area contributed by atoms with E-state index in [4.69, 9.17) is 0 Å². The quantitative estimate of drug-likeness (QED) is 0.435. The van der Waals surface area contributed by atoms with E-state index in [1.165, 1.54) is 7.11 Å². The van der Waals surface area contributed by atoms with E-state index in [2.05, 4.69) is 4.74 Å². The zero-order valence-electron chi connectivity index (χ0n) is 7.70. The predicted molar refractivity (Wildman–Crippen MR) is 43.9 cm³/mol. The van der Waals surface area contributed by atoms with Crippen molar-refractivity contribution in [1.29, 1.82) is 0 Å². The molecule has 0 aromatic carbocycles. The number of ketones is 2. The van der Waals surface area contributed by atoms with Gasteiger partial charge in [0.1, 0.15) is 11.7 Å². The maximum absolute atomic E-state index is 11.3. The van der Waals surface area contributed by atoms with Gasteiger partial charge >= 0.3 is 5.97 Å². The summed E-state index contributed by atoms with van der Waals surface area (Å²) >= 11 is 0. The molecule has 1 aliphatic rings. The summed E-state index contributed by atoms with van der Waals surface area (Å²) in [5.74, 6) is -1.87. The summed E-state index contributed by atoms with van der Waals surface area (Å²) in [7, 11) is 1.25. The lowest BCUT2D eigenvalue weighted by atomic mass is 9.79. The molecule has 1 saturated carbocycles. The summed E-state index contributed by atoms with van der Waals surface area (Å²) in [5, 5.41) is 0. The van der Waals surface area contributed by atoms with Gasteiger partial charge in [0.2, 0.25) is 0 Å². The van der Waals surface area contributed by atoms with E-state index in [0.717, 1.165) is 0 Å². The van der Waals surface area contributed by atoms with E-state index in [1.807, 2.05) is 0 Å². The molecule has 0 aromatic rings. The Morgan fingerprint density at radius 3 is 2.54 bits per heavy atom. The van der Waals surface area contributed by atoms with Crippen molar-refractivity contribution in [3.05, 3.63) is 0 Å². The van der Waals surface area contributed by atoms with Crippen LogP contribution in [0, 0.1) is 11.8 Å². The van der Waals surface area contributed by atoms with Gasteiger partial charge in [-0.15, -0.1) is 0 Å². The number of Topliss-reactive ketones (excluding diaryl/α,β-unsaturated/α-hetero) is 2. The number of hydrogen-bond acceptors (Lipinski definition) is 4. The smallest absolute Gasteiger partial charge is 0.316 e. The largest absolute Gasteiger partial charge is 0.468 e. The molecule has 1 fully saturated rings. The third-order valence-electron chi connectivity index (χ3n) is 2.29. The van der Waals surface area contributed by atoms with Gasteiger partial charge in [0.25, 0.3) is 0 Å². The Bertz CT molecular complexity index is 256. The highest BCUT2D eigenvalue weighted by atomic mass is 16.5. The molecule has 0 N–H and O–H groups in total. The fourth-order valence-electron chi connectivity index (χ4n) is 1.66. The van der Waals surface area contributed by atoms with Crippen molar-refractivity contribution in [1.82, 2.24) is 0 Å². The molecule has 2 atom stereocenters. The Labute approximate surface area is 76.3 Å². The molecule has 72 valence electrons. The second-order valence-electron chi connectivity index (χ2n) is 3.36. The highest BCUT2D eigenvalue weighted by molar-refractivity contribution is 6.10. The highest BCUT2D eigenvalue weighted by Gasteiger charge is 2.38. The van der Waals surface area contributed by atoms with Crippen LogP contribution in [-0.4, -0.2) is 24.6 Å². The SMILES string of the molecule is COC(=O)[C@H]1C(=O)CC(=O)C[C@@H]1C. The van der Waals surface area contributed by atoms with E-state index >= 15 is 0 Å². The molecule has 13 heavy (non-hydrogen) atoms. The molecule has 1 rings (SSSR count). The first-order valence-corrected chi connectivity index (χ1v) is 4.18. The van der Waals surface area contributed by atoms with Crippen LogP contribution in [0.15, 0.2) is 0 Å². The van der Waals surface area contributed by atoms with Crippen LogP contribution in [0.25, 0.3) is 0 Å². The number of ether oxygens (including phenoxy) is 1. The minimum Gasteiger partial charge on any atom is -0.468 e. The van der Waals surface area contributed by atoms with Gasteiger partial charge in [0.05, 0.1) is 13.5 Å². The molecule has 4 heteroatoms. The van der Waals surface area contributed by atoms with Gasteiger partial charge < -0.3 is 4.74 Å². The average molecular weight is 184 g/mol. The van der Waals surface area contributed by atoms with Gasteiger partial charge in [-0.05, 0) is 5.92 Å². The zero-order valence-corrected chi connectivity index (χ0v) is 7.70. The lowest BCUT2D eigenvalue weighted by molar-refractivity contribution is -0.153. The van der Waals surface area contributed by atoms with Crippen LogP contribution in [0.2, 0.25) is 0 Å². The topological polar surface area (TPSA) is 60.4 Å². The van der Waals surface area contributed by atoms with E-state index in [-0.39, 0.29) is 23.9 Å². The standard InChI is InChI=1S/C9H12O4/c1-5-3-6(10)4-7(11)8(5)9(12)13-2/h5,8H,3-4H2,1-2H3/t5-,8+/m0/s1. The summed E-state index contributed by atoms with van der Waals surface area (Å²) in [6.07, 6.45) is 0.176. The zero-order chi connectivity index (χ0) is 10.0. The first-order chi connectivity index (χ1) is 6.06. The highest BCUT2D eigenvalue weighted by Crippen LogP contribution is 2.25. The van der Waals surface area contributed by atoms with Gasteiger partial charge in [-0.2, -0.15) is 0 Å². The van der Waals surface area contributed by atoms with Crippen molar-refractivity contribution in [2.75, 3.05) is 7.11 Å². The van der Waals surface area contributed by atoms with E-state index < -0.39 is 11.9 Å². The summed E-state index contributed by atoms with van der Waals surface area (Å²) in [5.41, 5.74) is 0. The van der Waals surface area contributed by atoms with E-state index in [1.54, 1.807) is 6.92 Å². The molecule has 0 saturated heterocycles. The molecule has 0 radical (unpaired) electrons. The lowest BCUT2D eigenvalue weighted by Gasteiger charge is -2.23. The van der Waals surface area contributed by atoms with Gasteiger partial charge in [-0.25, -0.2) is 0 Å². The molecule has 0 amide bonds. The minimum atomic E-state index is -0.734. The van der Waals surface area contributed by atoms with Crippen molar-refractivity contribution in [2.24, 2.45) is 11.8 Å². The molecule has 1 aliphatic carbocycles. The monoisotopic (exact) mass is 184 g/mol. The second kappa shape index (κ2) is 3.68. The molecule has 4 nitrogen and oxygen atoms in total. The number of carbonyl (C=O) groups excluding carboxylic acids is 3. The third kappa shape index (κ3) is 1.94. The van der Waals surface area contributed by atoms with Crippen molar-refractivity contribution in [3.8, 4) is 0 Å².